The van der Waals surface area contributed by atoms with Crippen LogP contribution >= 0.6 is 0 Å². The summed E-state index contributed by atoms with van der Waals surface area (Å²) < 4.78 is 11.4. The van der Waals surface area contributed by atoms with Gasteiger partial charge in [-0.3, -0.25) is 0 Å². The summed E-state index contributed by atoms with van der Waals surface area (Å²) >= 11 is 0. The van der Waals surface area contributed by atoms with Gasteiger partial charge < -0.3 is 14.4 Å². The highest BCUT2D eigenvalue weighted by Gasteiger charge is 2.40. The molecule has 0 atom stereocenters. The number of ether oxygens (including phenoxy) is 2. The van der Waals surface area contributed by atoms with Crippen LogP contribution in [0.25, 0.3) is 0 Å². The molecule has 0 saturated carbocycles. The summed E-state index contributed by atoms with van der Waals surface area (Å²) in [6.07, 6.45) is 3.65. The van der Waals surface area contributed by atoms with Crippen LogP contribution in [0, 0.1) is 0 Å². The van der Waals surface area contributed by atoms with E-state index in [9.17, 15) is 0 Å². The molecule has 1 spiro atoms. The number of piperidine rings is 1. The van der Waals surface area contributed by atoms with Gasteiger partial charge >= 0.3 is 0 Å². The molecule has 3 heterocycles. The van der Waals surface area contributed by atoms with Crippen molar-refractivity contribution in [3.8, 4) is 0 Å². The summed E-state index contributed by atoms with van der Waals surface area (Å²) in [5, 5.41) is 1.04. The Balaban J connectivity index is 1.71. The van der Waals surface area contributed by atoms with Gasteiger partial charge in [0.05, 0.1) is 23.5 Å². The maximum Gasteiger partial charge on any atom is 0.171 e. The second-order valence-corrected chi connectivity index (χ2v) is 5.01. The molecule has 0 unspecified atom stereocenters. The second kappa shape index (κ2) is 4.40. The van der Waals surface area contributed by atoms with Gasteiger partial charge in [0.15, 0.2) is 5.79 Å². The minimum absolute atomic E-state index is 0.308. The van der Waals surface area contributed by atoms with Crippen LogP contribution in [0.1, 0.15) is 12.8 Å². The Morgan fingerprint density at radius 2 is 1.94 bits per heavy atom. The van der Waals surface area contributed by atoms with E-state index in [4.69, 9.17) is 9.47 Å². The fraction of sp³-hybridized carbons (Fsp3) is 0.583. The van der Waals surface area contributed by atoms with Crippen molar-refractivity contribution < 1.29 is 9.47 Å². The first-order chi connectivity index (χ1) is 8.29. The molecule has 3 rings (SSSR count). The van der Waals surface area contributed by atoms with Crippen molar-refractivity contribution in [2.24, 2.45) is 0 Å². The minimum atomic E-state index is -0.308. The average molecular weight is 247 g/mol. The Labute approximate surface area is 104 Å². The van der Waals surface area contributed by atoms with Crippen molar-refractivity contribution in [3.05, 3.63) is 18.3 Å². The van der Waals surface area contributed by atoms with Gasteiger partial charge in [-0.15, -0.1) is 0 Å². The summed E-state index contributed by atoms with van der Waals surface area (Å²) in [7, 11) is 3.59. The molecule has 2 saturated heterocycles. The number of pyridine rings is 1. The Hall–Kier alpha value is -0.913. The lowest BCUT2D eigenvalue weighted by Gasteiger charge is -2.38. The second-order valence-electron chi connectivity index (χ2n) is 4.47. The van der Waals surface area contributed by atoms with Crippen molar-refractivity contribution in [2.45, 2.75) is 18.6 Å². The van der Waals surface area contributed by atoms with E-state index >= 15 is 0 Å². The Morgan fingerprint density at radius 1 is 1.24 bits per heavy atom. The van der Waals surface area contributed by atoms with E-state index in [2.05, 4.69) is 20.1 Å². The third kappa shape index (κ3) is 2.10. The molecular formula is C12H15N2O2Si. The molecule has 3 radical (unpaired) electrons. The van der Waals surface area contributed by atoms with Crippen molar-refractivity contribution >= 4 is 21.2 Å². The minimum Gasteiger partial charge on any atom is -0.356 e. The molecule has 2 fully saturated rings. The molecule has 0 amide bonds. The molecule has 5 heteroatoms. The molecule has 89 valence electrons. The SMILES string of the molecule is [Si]c1cccnc1N1CCC2(CC1)OCCO2. The molecule has 0 aliphatic carbocycles. The van der Waals surface area contributed by atoms with E-state index in [1.807, 2.05) is 18.3 Å². The Morgan fingerprint density at radius 3 is 2.59 bits per heavy atom. The summed E-state index contributed by atoms with van der Waals surface area (Å²) in [6, 6.07) is 3.95. The Kier molecular flexibility index (Phi) is 2.90. The predicted molar refractivity (Wildman–Crippen MR) is 65.7 cm³/mol. The highest BCUT2D eigenvalue weighted by Crippen LogP contribution is 2.32. The van der Waals surface area contributed by atoms with Crippen LogP contribution in [-0.2, 0) is 9.47 Å². The van der Waals surface area contributed by atoms with Crippen LogP contribution in [0.15, 0.2) is 18.3 Å². The van der Waals surface area contributed by atoms with E-state index in [1.165, 1.54) is 0 Å². The van der Waals surface area contributed by atoms with Gasteiger partial charge in [0, 0.05) is 32.1 Å². The fourth-order valence-corrected chi connectivity index (χ4v) is 2.81. The van der Waals surface area contributed by atoms with Gasteiger partial charge in [-0.2, -0.15) is 0 Å². The summed E-state index contributed by atoms with van der Waals surface area (Å²) in [5.41, 5.74) is 0. The van der Waals surface area contributed by atoms with Crippen LogP contribution in [0.4, 0.5) is 5.82 Å². The van der Waals surface area contributed by atoms with E-state index in [0.717, 1.165) is 50.1 Å². The van der Waals surface area contributed by atoms with Crippen LogP contribution in [0.5, 0.6) is 0 Å². The molecule has 2 aliphatic rings. The molecule has 0 aromatic carbocycles. The van der Waals surface area contributed by atoms with Crippen LogP contribution in [0.2, 0.25) is 0 Å². The summed E-state index contributed by atoms with van der Waals surface area (Å²) in [4.78, 5) is 6.69. The standard InChI is InChI=1S/C12H15N2O2Si/c17-10-2-1-5-13-11(10)14-6-3-12(4-7-14)15-8-9-16-12/h1-2,5H,3-4,6-9H2. The monoisotopic (exact) mass is 247 g/mol. The maximum absolute atomic E-state index is 5.71. The topological polar surface area (TPSA) is 34.6 Å². The number of hydrogen-bond donors (Lipinski definition) is 0. The normalized spacial score (nSPS) is 23.2. The molecule has 1 aromatic rings. The quantitative estimate of drug-likeness (QED) is 0.665. The molecule has 0 N–H and O–H groups in total. The number of anilines is 1. The van der Waals surface area contributed by atoms with E-state index in [1.54, 1.807) is 0 Å². The van der Waals surface area contributed by atoms with Crippen LogP contribution < -0.4 is 10.1 Å². The van der Waals surface area contributed by atoms with E-state index in [-0.39, 0.29) is 5.79 Å². The number of aromatic nitrogens is 1. The van der Waals surface area contributed by atoms with Gasteiger partial charge in [-0.25, -0.2) is 4.98 Å². The zero-order valence-corrected chi connectivity index (χ0v) is 10.7. The van der Waals surface area contributed by atoms with Crippen molar-refractivity contribution in [3.63, 3.8) is 0 Å². The fourth-order valence-electron chi connectivity index (χ4n) is 2.49. The number of rotatable bonds is 1. The maximum atomic E-state index is 5.71. The van der Waals surface area contributed by atoms with Gasteiger partial charge in [0.2, 0.25) is 0 Å². The van der Waals surface area contributed by atoms with E-state index < -0.39 is 0 Å². The summed E-state index contributed by atoms with van der Waals surface area (Å²) in [5.74, 6) is 0.703. The lowest BCUT2D eigenvalue weighted by atomic mass is 10.0. The average Bonchev–Trinajstić information content (AvgIpc) is 2.80. The molecule has 0 bridgehead atoms. The number of hydrogen-bond acceptors (Lipinski definition) is 4. The third-order valence-corrected chi connectivity index (χ3v) is 3.82. The van der Waals surface area contributed by atoms with Crippen LogP contribution in [-0.4, -0.2) is 47.3 Å². The van der Waals surface area contributed by atoms with Gasteiger partial charge in [0.25, 0.3) is 0 Å². The third-order valence-electron chi connectivity index (χ3n) is 3.43. The van der Waals surface area contributed by atoms with Gasteiger partial charge in [-0.05, 0) is 11.3 Å². The number of nitrogens with zero attached hydrogens (tertiary/aromatic N) is 2. The highest BCUT2D eigenvalue weighted by molar-refractivity contribution is 6.35. The lowest BCUT2D eigenvalue weighted by molar-refractivity contribution is -0.169. The van der Waals surface area contributed by atoms with Crippen molar-refractivity contribution in [1.29, 1.82) is 0 Å². The first kappa shape index (κ1) is 11.2. The van der Waals surface area contributed by atoms with Gasteiger partial charge in [0.1, 0.15) is 5.82 Å². The summed E-state index contributed by atoms with van der Waals surface area (Å²) in [6.45, 7) is 3.31. The van der Waals surface area contributed by atoms with Crippen molar-refractivity contribution in [1.82, 2.24) is 4.98 Å². The van der Waals surface area contributed by atoms with E-state index in [0.29, 0.717) is 0 Å². The molecule has 17 heavy (non-hydrogen) atoms. The zero-order valence-electron chi connectivity index (χ0n) is 9.69. The largest absolute Gasteiger partial charge is 0.356 e. The first-order valence-electron chi connectivity index (χ1n) is 5.99. The highest BCUT2D eigenvalue weighted by atomic mass is 28.1. The van der Waals surface area contributed by atoms with Crippen LogP contribution in [0.3, 0.4) is 0 Å². The lowest BCUT2D eigenvalue weighted by Crippen LogP contribution is -2.46. The first-order valence-corrected chi connectivity index (χ1v) is 6.49. The molecule has 1 aromatic heterocycles. The molecule has 2 aliphatic heterocycles. The predicted octanol–water partition coefficient (Wildman–Crippen LogP) is 0.219. The molecule has 4 nitrogen and oxygen atoms in total. The smallest absolute Gasteiger partial charge is 0.171 e. The van der Waals surface area contributed by atoms with Gasteiger partial charge in [-0.1, -0.05) is 6.07 Å². The molecular weight excluding hydrogens is 232 g/mol. The Bertz CT molecular complexity index is 397. The van der Waals surface area contributed by atoms with Crippen molar-refractivity contribution in [2.75, 3.05) is 31.2 Å². The zero-order chi connectivity index (χ0) is 11.7.